The van der Waals surface area contributed by atoms with Crippen molar-refractivity contribution in [3.63, 3.8) is 0 Å². The van der Waals surface area contributed by atoms with E-state index in [9.17, 15) is 4.79 Å². The number of aryl methyl sites for hydroxylation is 2. The molecule has 0 aliphatic heterocycles. The summed E-state index contributed by atoms with van der Waals surface area (Å²) in [5.74, 6) is 0.372. The summed E-state index contributed by atoms with van der Waals surface area (Å²) in [7, 11) is 0. The number of hydrogen-bond acceptors (Lipinski definition) is 2. The second kappa shape index (κ2) is 5.97. The van der Waals surface area contributed by atoms with Crippen LogP contribution in [0.25, 0.3) is 0 Å². The molecule has 0 saturated heterocycles. The first-order chi connectivity index (χ1) is 9.49. The molecule has 0 fully saturated rings. The summed E-state index contributed by atoms with van der Waals surface area (Å²) in [6.45, 7) is 4.35. The third-order valence-corrected chi connectivity index (χ3v) is 3.47. The minimum absolute atomic E-state index is 0.351. The minimum Gasteiger partial charge on any atom is -0.488 e. The van der Waals surface area contributed by atoms with Gasteiger partial charge in [-0.05, 0) is 37.1 Å². The summed E-state index contributed by atoms with van der Waals surface area (Å²) >= 11 is 6.13. The monoisotopic (exact) mass is 289 g/mol. The van der Waals surface area contributed by atoms with Gasteiger partial charge in [0.1, 0.15) is 12.4 Å². The second-order valence-corrected chi connectivity index (χ2v) is 5.09. The maximum Gasteiger partial charge on any atom is 0.248 e. The number of amides is 1. The molecule has 0 radical (unpaired) electrons. The summed E-state index contributed by atoms with van der Waals surface area (Å²) in [5.41, 5.74) is 8.58. The Balaban J connectivity index is 2.17. The van der Waals surface area contributed by atoms with Crippen molar-refractivity contribution < 1.29 is 9.53 Å². The Morgan fingerprint density at radius 2 is 1.85 bits per heavy atom. The van der Waals surface area contributed by atoms with E-state index >= 15 is 0 Å². The van der Waals surface area contributed by atoms with Crippen LogP contribution in [-0.2, 0) is 6.61 Å². The molecule has 1 amide bonds. The number of ether oxygens (including phenoxy) is 1. The van der Waals surface area contributed by atoms with Crippen molar-refractivity contribution in [2.75, 3.05) is 0 Å². The average molecular weight is 290 g/mol. The first kappa shape index (κ1) is 14.4. The molecule has 0 unspecified atom stereocenters. The molecule has 2 rings (SSSR count). The molecule has 20 heavy (non-hydrogen) atoms. The van der Waals surface area contributed by atoms with E-state index in [0.717, 1.165) is 22.4 Å². The number of nitrogens with two attached hydrogens (primary N) is 1. The summed E-state index contributed by atoms with van der Waals surface area (Å²) in [6, 6.07) is 11.0. The molecule has 0 aromatic heterocycles. The van der Waals surface area contributed by atoms with Gasteiger partial charge >= 0.3 is 0 Å². The molecule has 2 aromatic carbocycles. The van der Waals surface area contributed by atoms with Crippen LogP contribution in [0.1, 0.15) is 27.0 Å². The summed E-state index contributed by atoms with van der Waals surface area (Å²) in [4.78, 5) is 11.1. The van der Waals surface area contributed by atoms with Gasteiger partial charge in [-0.1, -0.05) is 35.9 Å². The van der Waals surface area contributed by atoms with Crippen LogP contribution in [0.15, 0.2) is 36.4 Å². The Bertz CT molecular complexity index is 633. The predicted octanol–water partition coefficient (Wildman–Crippen LogP) is 3.63. The Morgan fingerprint density at radius 3 is 2.40 bits per heavy atom. The number of carbonyl (C=O) groups is 1. The van der Waals surface area contributed by atoms with Crippen LogP contribution in [0.4, 0.5) is 0 Å². The van der Waals surface area contributed by atoms with E-state index < -0.39 is 5.91 Å². The second-order valence-electron chi connectivity index (χ2n) is 4.68. The molecule has 2 aromatic rings. The fourth-order valence-corrected chi connectivity index (χ4v) is 2.23. The van der Waals surface area contributed by atoms with Crippen LogP contribution in [0, 0.1) is 13.8 Å². The van der Waals surface area contributed by atoms with Gasteiger partial charge in [0.25, 0.3) is 0 Å². The lowest BCUT2D eigenvalue weighted by Gasteiger charge is -2.13. The van der Waals surface area contributed by atoms with E-state index in [0.29, 0.717) is 17.2 Å². The van der Waals surface area contributed by atoms with Gasteiger partial charge in [0.15, 0.2) is 0 Å². The number of rotatable bonds is 4. The molecule has 0 atom stereocenters. The maximum atomic E-state index is 11.1. The van der Waals surface area contributed by atoms with E-state index in [1.807, 2.05) is 32.0 Å². The predicted molar refractivity (Wildman–Crippen MR) is 80.2 cm³/mol. The normalized spacial score (nSPS) is 10.3. The van der Waals surface area contributed by atoms with Gasteiger partial charge in [0, 0.05) is 16.1 Å². The van der Waals surface area contributed by atoms with Crippen LogP contribution < -0.4 is 10.5 Å². The van der Waals surface area contributed by atoms with Gasteiger partial charge in [-0.2, -0.15) is 0 Å². The number of para-hydroxylation sites is 1. The average Bonchev–Trinajstić information content (AvgIpc) is 2.39. The van der Waals surface area contributed by atoms with Crippen molar-refractivity contribution in [2.24, 2.45) is 5.73 Å². The van der Waals surface area contributed by atoms with Crippen molar-refractivity contribution in [3.05, 3.63) is 63.7 Å². The zero-order valence-electron chi connectivity index (χ0n) is 11.4. The molecule has 0 aliphatic rings. The number of primary amides is 1. The Hall–Kier alpha value is -2.00. The van der Waals surface area contributed by atoms with Crippen molar-refractivity contribution in [1.82, 2.24) is 0 Å². The molecule has 4 heteroatoms. The smallest absolute Gasteiger partial charge is 0.248 e. The number of benzene rings is 2. The van der Waals surface area contributed by atoms with Crippen LogP contribution in [0.3, 0.4) is 0 Å². The molecule has 0 heterocycles. The first-order valence-corrected chi connectivity index (χ1v) is 6.64. The van der Waals surface area contributed by atoms with Crippen molar-refractivity contribution in [3.8, 4) is 5.75 Å². The van der Waals surface area contributed by atoms with Crippen molar-refractivity contribution in [2.45, 2.75) is 20.5 Å². The summed E-state index contributed by atoms with van der Waals surface area (Å²) in [5, 5.41) is 0.479. The molecule has 0 saturated carbocycles. The molecule has 0 spiro atoms. The number of hydrogen-bond donors (Lipinski definition) is 1. The highest BCUT2D eigenvalue weighted by atomic mass is 35.5. The van der Waals surface area contributed by atoms with E-state index in [1.54, 1.807) is 18.2 Å². The fourth-order valence-electron chi connectivity index (χ4n) is 1.99. The van der Waals surface area contributed by atoms with Crippen LogP contribution in [0.2, 0.25) is 5.02 Å². The molecular weight excluding hydrogens is 274 g/mol. The summed E-state index contributed by atoms with van der Waals surface area (Å²) < 4.78 is 5.83. The third kappa shape index (κ3) is 3.11. The molecule has 0 aliphatic carbocycles. The van der Waals surface area contributed by atoms with Crippen LogP contribution in [-0.4, -0.2) is 5.91 Å². The highest BCUT2D eigenvalue weighted by Gasteiger charge is 2.08. The topological polar surface area (TPSA) is 52.3 Å². The van der Waals surface area contributed by atoms with Gasteiger partial charge < -0.3 is 10.5 Å². The van der Waals surface area contributed by atoms with Crippen LogP contribution >= 0.6 is 11.6 Å². The highest BCUT2D eigenvalue weighted by Crippen LogP contribution is 2.25. The zero-order chi connectivity index (χ0) is 14.7. The molecule has 3 nitrogen and oxygen atoms in total. The van der Waals surface area contributed by atoms with E-state index in [4.69, 9.17) is 22.1 Å². The number of carbonyl (C=O) groups excluding carboxylic acids is 1. The van der Waals surface area contributed by atoms with E-state index in [2.05, 4.69) is 0 Å². The first-order valence-electron chi connectivity index (χ1n) is 6.26. The van der Waals surface area contributed by atoms with E-state index in [-0.39, 0.29) is 0 Å². The lowest BCUT2D eigenvalue weighted by Crippen LogP contribution is -2.11. The lowest BCUT2D eigenvalue weighted by atomic mass is 10.1. The molecular formula is C16H16ClNO2. The maximum absolute atomic E-state index is 11.1. The number of halogens is 1. The Kier molecular flexibility index (Phi) is 4.30. The van der Waals surface area contributed by atoms with Gasteiger partial charge in [-0.15, -0.1) is 0 Å². The zero-order valence-corrected chi connectivity index (χ0v) is 12.2. The van der Waals surface area contributed by atoms with Crippen molar-refractivity contribution >= 4 is 17.5 Å². The largest absolute Gasteiger partial charge is 0.488 e. The van der Waals surface area contributed by atoms with Gasteiger partial charge in [0.05, 0.1) is 0 Å². The Morgan fingerprint density at radius 1 is 1.20 bits per heavy atom. The van der Waals surface area contributed by atoms with Gasteiger partial charge in [-0.3, -0.25) is 4.79 Å². The standard InChI is InChI=1S/C16H16ClNO2/c1-10-4-3-5-11(2)15(10)20-9-13-7-6-12(16(18)19)8-14(13)17/h3-8H,9H2,1-2H3,(H2,18,19). The van der Waals surface area contributed by atoms with E-state index in [1.165, 1.54) is 0 Å². The van der Waals surface area contributed by atoms with Crippen molar-refractivity contribution in [1.29, 1.82) is 0 Å². The molecule has 104 valence electrons. The minimum atomic E-state index is -0.492. The SMILES string of the molecule is Cc1cccc(C)c1OCc1ccc(C(N)=O)cc1Cl. The molecule has 2 N–H and O–H groups in total. The Labute approximate surface area is 123 Å². The highest BCUT2D eigenvalue weighted by molar-refractivity contribution is 6.31. The molecule has 0 bridgehead atoms. The van der Waals surface area contributed by atoms with Gasteiger partial charge in [0.2, 0.25) is 5.91 Å². The quantitative estimate of drug-likeness (QED) is 0.934. The van der Waals surface area contributed by atoms with Crippen LogP contribution in [0.5, 0.6) is 5.75 Å². The summed E-state index contributed by atoms with van der Waals surface area (Å²) in [6.07, 6.45) is 0. The fraction of sp³-hybridized carbons (Fsp3) is 0.188. The van der Waals surface area contributed by atoms with Gasteiger partial charge in [-0.25, -0.2) is 0 Å². The lowest BCUT2D eigenvalue weighted by molar-refractivity contribution is 0.1000. The third-order valence-electron chi connectivity index (χ3n) is 3.12.